The molecule has 0 aliphatic rings. The van der Waals surface area contributed by atoms with Crippen LogP contribution in [0.5, 0.6) is 5.75 Å². The van der Waals surface area contributed by atoms with Crippen LogP contribution in [0.4, 0.5) is 13.2 Å². The molecule has 3 rings (SSSR count). The number of benzene rings is 3. The summed E-state index contributed by atoms with van der Waals surface area (Å²) < 4.78 is 41.4. The van der Waals surface area contributed by atoms with Gasteiger partial charge in [0, 0.05) is 0 Å². The average Bonchev–Trinajstić information content (AvgIpc) is 2.68. The van der Waals surface area contributed by atoms with E-state index < -0.39 is 18.2 Å². The fraction of sp³-hybridized carbons (Fsp3) is 0.0952. The summed E-state index contributed by atoms with van der Waals surface area (Å²) in [6, 6.07) is 21.3. The van der Waals surface area contributed by atoms with E-state index in [1.54, 1.807) is 66.1 Å². The zero-order valence-corrected chi connectivity index (χ0v) is 14.5. The number of hydroxylamine groups is 1. The highest BCUT2D eigenvalue weighted by Gasteiger charge is 2.31. The molecule has 0 aromatic heterocycles. The Balaban J connectivity index is 2.00. The molecular weight excluding hydrogens is 371 g/mol. The van der Waals surface area contributed by atoms with Crippen LogP contribution in [0.25, 0.3) is 11.1 Å². The van der Waals surface area contributed by atoms with E-state index in [9.17, 15) is 18.0 Å². The van der Waals surface area contributed by atoms with Gasteiger partial charge in [0.25, 0.3) is 5.91 Å². The quantitative estimate of drug-likeness (QED) is 0.484. The lowest BCUT2D eigenvalue weighted by Gasteiger charge is -2.17. The molecule has 1 atom stereocenters. The van der Waals surface area contributed by atoms with E-state index >= 15 is 0 Å². The maximum atomic E-state index is 12.5. The van der Waals surface area contributed by atoms with Crippen LogP contribution in [-0.4, -0.2) is 17.5 Å². The van der Waals surface area contributed by atoms with Gasteiger partial charge < -0.3 is 4.74 Å². The third kappa shape index (κ3) is 4.69. The molecule has 1 amide bonds. The Morgan fingerprint density at radius 2 is 1.46 bits per heavy atom. The minimum absolute atomic E-state index is 0.330. The second kappa shape index (κ2) is 8.14. The van der Waals surface area contributed by atoms with Crippen molar-refractivity contribution in [2.45, 2.75) is 12.3 Å². The predicted octanol–water partition coefficient (Wildman–Crippen LogP) is 4.89. The molecule has 0 saturated carbocycles. The van der Waals surface area contributed by atoms with Crippen molar-refractivity contribution in [2.24, 2.45) is 0 Å². The van der Waals surface area contributed by atoms with Crippen LogP contribution < -0.4 is 10.2 Å². The van der Waals surface area contributed by atoms with Crippen molar-refractivity contribution in [3.8, 4) is 16.9 Å². The first kappa shape index (κ1) is 19.4. The summed E-state index contributed by atoms with van der Waals surface area (Å²) in [4.78, 5) is 12.3. The van der Waals surface area contributed by atoms with Gasteiger partial charge in [-0.25, -0.2) is 5.48 Å². The topological polar surface area (TPSA) is 58.6 Å². The van der Waals surface area contributed by atoms with Crippen molar-refractivity contribution >= 4 is 5.91 Å². The first-order chi connectivity index (χ1) is 13.4. The number of hydrogen-bond donors (Lipinski definition) is 2. The number of carbonyl (C=O) groups excluding carboxylic acids is 1. The van der Waals surface area contributed by atoms with E-state index in [0.29, 0.717) is 22.3 Å². The molecule has 0 fully saturated rings. The predicted molar refractivity (Wildman–Crippen MR) is 96.8 cm³/mol. The smallest absolute Gasteiger partial charge is 0.406 e. The molecule has 28 heavy (non-hydrogen) atoms. The fourth-order valence-corrected chi connectivity index (χ4v) is 2.98. The molecule has 7 heteroatoms. The summed E-state index contributed by atoms with van der Waals surface area (Å²) in [5, 5.41) is 9.14. The number of rotatable bonds is 5. The van der Waals surface area contributed by atoms with Crippen molar-refractivity contribution < 1.29 is 27.9 Å². The van der Waals surface area contributed by atoms with Crippen molar-refractivity contribution in [1.29, 1.82) is 0 Å². The number of alkyl halides is 3. The lowest BCUT2D eigenvalue weighted by atomic mass is 9.89. The van der Waals surface area contributed by atoms with E-state index in [1.807, 2.05) is 0 Å². The molecule has 2 N–H and O–H groups in total. The number of nitrogens with one attached hydrogen (secondary N) is 1. The third-order valence-corrected chi connectivity index (χ3v) is 4.13. The highest BCUT2D eigenvalue weighted by atomic mass is 19.4. The molecule has 0 aliphatic carbocycles. The molecule has 0 bridgehead atoms. The molecule has 0 radical (unpaired) electrons. The molecule has 0 saturated heterocycles. The van der Waals surface area contributed by atoms with Gasteiger partial charge in [-0.3, -0.25) is 10.0 Å². The van der Waals surface area contributed by atoms with Crippen LogP contribution in [0.2, 0.25) is 0 Å². The largest absolute Gasteiger partial charge is 0.573 e. The number of amides is 1. The van der Waals surface area contributed by atoms with E-state index in [1.165, 1.54) is 18.2 Å². The summed E-state index contributed by atoms with van der Waals surface area (Å²) in [5.41, 5.74) is 4.03. The number of carbonyl (C=O) groups is 1. The standard InChI is InChI=1S/C21H16F3NO3/c22-21(23,24)28-18-11-5-9-16(13-18)15-8-4-10-17(12-15)19(20(26)25-27)14-6-2-1-3-7-14/h1-13,19,27H,(H,25,26). The van der Waals surface area contributed by atoms with Crippen LogP contribution in [0.3, 0.4) is 0 Å². The third-order valence-electron chi connectivity index (χ3n) is 4.13. The Bertz CT molecular complexity index is 958. The number of hydrogen-bond acceptors (Lipinski definition) is 3. The van der Waals surface area contributed by atoms with Gasteiger partial charge in [-0.15, -0.1) is 13.2 Å². The Hall–Kier alpha value is -3.32. The van der Waals surface area contributed by atoms with E-state index in [4.69, 9.17) is 5.21 Å². The van der Waals surface area contributed by atoms with Crippen LogP contribution in [0.15, 0.2) is 78.9 Å². The highest BCUT2D eigenvalue weighted by molar-refractivity contribution is 5.86. The first-order valence-electron chi connectivity index (χ1n) is 8.32. The minimum atomic E-state index is -4.78. The molecule has 3 aromatic rings. The monoisotopic (exact) mass is 387 g/mol. The van der Waals surface area contributed by atoms with Gasteiger partial charge in [0.1, 0.15) is 5.75 Å². The summed E-state index contributed by atoms with van der Waals surface area (Å²) in [6.07, 6.45) is -4.78. The average molecular weight is 387 g/mol. The molecule has 0 spiro atoms. The number of ether oxygens (including phenoxy) is 1. The van der Waals surface area contributed by atoms with Crippen molar-refractivity contribution in [1.82, 2.24) is 5.48 Å². The summed E-state index contributed by atoms with van der Waals surface area (Å²) in [6.45, 7) is 0. The van der Waals surface area contributed by atoms with Gasteiger partial charge in [0.05, 0.1) is 5.92 Å². The fourth-order valence-electron chi connectivity index (χ4n) is 2.98. The highest BCUT2D eigenvalue weighted by Crippen LogP contribution is 2.31. The van der Waals surface area contributed by atoms with Gasteiger partial charge >= 0.3 is 6.36 Å². The second-order valence-corrected chi connectivity index (χ2v) is 6.02. The summed E-state index contributed by atoms with van der Waals surface area (Å²) in [5.74, 6) is -1.72. The van der Waals surface area contributed by atoms with Gasteiger partial charge in [-0.05, 0) is 34.4 Å². The molecule has 0 heterocycles. The second-order valence-electron chi connectivity index (χ2n) is 6.02. The van der Waals surface area contributed by atoms with E-state index in [0.717, 1.165) is 0 Å². The van der Waals surface area contributed by atoms with Gasteiger partial charge in [-0.1, -0.05) is 66.7 Å². The van der Waals surface area contributed by atoms with Gasteiger partial charge in [0.15, 0.2) is 0 Å². The molecule has 4 nitrogen and oxygen atoms in total. The van der Waals surface area contributed by atoms with Crippen molar-refractivity contribution in [3.05, 3.63) is 90.0 Å². The minimum Gasteiger partial charge on any atom is -0.406 e. The zero-order valence-electron chi connectivity index (χ0n) is 14.5. The Morgan fingerprint density at radius 3 is 2.11 bits per heavy atom. The van der Waals surface area contributed by atoms with Gasteiger partial charge in [-0.2, -0.15) is 0 Å². The molecular formula is C21H16F3NO3. The molecule has 144 valence electrons. The molecule has 1 unspecified atom stereocenters. The lowest BCUT2D eigenvalue weighted by Crippen LogP contribution is -2.27. The maximum absolute atomic E-state index is 12.5. The van der Waals surface area contributed by atoms with Crippen LogP contribution in [0, 0.1) is 0 Å². The van der Waals surface area contributed by atoms with Crippen LogP contribution in [0.1, 0.15) is 17.0 Å². The first-order valence-corrected chi connectivity index (χ1v) is 8.32. The molecule has 3 aromatic carbocycles. The van der Waals surface area contributed by atoms with Gasteiger partial charge in [0.2, 0.25) is 0 Å². The summed E-state index contributed by atoms with van der Waals surface area (Å²) in [7, 11) is 0. The van der Waals surface area contributed by atoms with Crippen LogP contribution in [-0.2, 0) is 4.79 Å². The SMILES string of the molecule is O=C(NO)C(c1ccccc1)c1cccc(-c2cccc(OC(F)(F)F)c2)c1. The van der Waals surface area contributed by atoms with E-state index in [-0.39, 0.29) is 5.75 Å². The van der Waals surface area contributed by atoms with Crippen molar-refractivity contribution in [3.63, 3.8) is 0 Å². The van der Waals surface area contributed by atoms with E-state index in [2.05, 4.69) is 4.74 Å². The maximum Gasteiger partial charge on any atom is 0.573 e. The number of halogens is 3. The Kier molecular flexibility index (Phi) is 5.65. The Labute approximate surface area is 159 Å². The summed E-state index contributed by atoms with van der Waals surface area (Å²) >= 11 is 0. The van der Waals surface area contributed by atoms with Crippen molar-refractivity contribution in [2.75, 3.05) is 0 Å². The van der Waals surface area contributed by atoms with Crippen LogP contribution >= 0.6 is 0 Å². The molecule has 0 aliphatic heterocycles. The Morgan fingerprint density at radius 1 is 0.857 bits per heavy atom. The zero-order chi connectivity index (χ0) is 20.1. The lowest BCUT2D eigenvalue weighted by molar-refractivity contribution is -0.274. The normalized spacial score (nSPS) is 12.3.